The Morgan fingerprint density at radius 2 is 1.88 bits per heavy atom. The minimum absolute atomic E-state index is 0.291. The van der Waals surface area contributed by atoms with Gasteiger partial charge in [0.05, 0.1) is 20.3 Å². The average Bonchev–Trinajstić information content (AvgIpc) is 2.35. The maximum atomic E-state index is 8.63. The minimum atomic E-state index is 0.291. The molecule has 0 heterocycles. The molecule has 3 heteroatoms. The van der Waals surface area contributed by atoms with Crippen molar-refractivity contribution in [2.75, 3.05) is 14.2 Å². The molecular formula is C14H19NO2. The molecule has 1 aromatic carbocycles. The molecule has 17 heavy (non-hydrogen) atoms. The molecule has 1 rings (SSSR count). The zero-order valence-corrected chi connectivity index (χ0v) is 10.9. The van der Waals surface area contributed by atoms with Gasteiger partial charge in [-0.3, -0.25) is 0 Å². The highest BCUT2D eigenvalue weighted by molar-refractivity contribution is 5.52. The van der Waals surface area contributed by atoms with Gasteiger partial charge in [0, 0.05) is 12.0 Å². The number of nitrogens with zero attached hydrogens (tertiary/aromatic N) is 1. The summed E-state index contributed by atoms with van der Waals surface area (Å²) in [6.45, 7) is 4.09. The van der Waals surface area contributed by atoms with E-state index in [2.05, 4.69) is 19.1 Å². The molecule has 0 N–H and O–H groups in total. The Labute approximate surface area is 103 Å². The lowest BCUT2D eigenvalue weighted by atomic mass is 9.94. The quantitative estimate of drug-likeness (QED) is 0.782. The molecule has 92 valence electrons. The van der Waals surface area contributed by atoms with Crippen LogP contribution in [0.25, 0.3) is 0 Å². The van der Waals surface area contributed by atoms with Crippen molar-refractivity contribution in [3.8, 4) is 17.6 Å². The van der Waals surface area contributed by atoms with E-state index in [1.807, 2.05) is 13.0 Å². The third-order valence-corrected chi connectivity index (χ3v) is 2.97. The maximum Gasteiger partial charge on any atom is 0.164 e. The van der Waals surface area contributed by atoms with Crippen molar-refractivity contribution in [3.05, 3.63) is 23.3 Å². The van der Waals surface area contributed by atoms with E-state index in [9.17, 15) is 0 Å². The van der Waals surface area contributed by atoms with Gasteiger partial charge in [0.15, 0.2) is 11.5 Å². The second kappa shape index (κ2) is 6.15. The van der Waals surface area contributed by atoms with Crippen molar-refractivity contribution in [2.45, 2.75) is 32.6 Å². The topological polar surface area (TPSA) is 42.2 Å². The van der Waals surface area contributed by atoms with Gasteiger partial charge in [-0.05, 0) is 24.8 Å². The van der Waals surface area contributed by atoms with E-state index >= 15 is 0 Å². The number of methoxy groups -OCH3 is 2. The van der Waals surface area contributed by atoms with Crippen molar-refractivity contribution in [3.63, 3.8) is 0 Å². The first kappa shape index (κ1) is 13.4. The van der Waals surface area contributed by atoms with Crippen molar-refractivity contribution in [2.24, 2.45) is 0 Å². The van der Waals surface area contributed by atoms with E-state index in [1.54, 1.807) is 14.2 Å². The van der Waals surface area contributed by atoms with Gasteiger partial charge in [0.2, 0.25) is 0 Å². The van der Waals surface area contributed by atoms with Crippen molar-refractivity contribution < 1.29 is 9.47 Å². The molecule has 0 saturated carbocycles. The second-order valence-electron chi connectivity index (χ2n) is 4.14. The van der Waals surface area contributed by atoms with E-state index < -0.39 is 0 Å². The zero-order valence-electron chi connectivity index (χ0n) is 10.9. The van der Waals surface area contributed by atoms with Gasteiger partial charge in [-0.2, -0.15) is 5.26 Å². The van der Waals surface area contributed by atoms with Crippen LogP contribution in [0.3, 0.4) is 0 Å². The Morgan fingerprint density at radius 3 is 2.41 bits per heavy atom. The Kier molecular flexibility index (Phi) is 4.84. The van der Waals surface area contributed by atoms with Crippen LogP contribution >= 0.6 is 0 Å². The molecule has 0 saturated heterocycles. The van der Waals surface area contributed by atoms with Crippen molar-refractivity contribution in [1.82, 2.24) is 0 Å². The van der Waals surface area contributed by atoms with Crippen LogP contribution in [0, 0.1) is 18.3 Å². The van der Waals surface area contributed by atoms with E-state index in [0.29, 0.717) is 12.3 Å². The third kappa shape index (κ3) is 2.91. The molecule has 0 aliphatic heterocycles. The number of hydrogen-bond donors (Lipinski definition) is 0. The van der Waals surface area contributed by atoms with Crippen LogP contribution in [-0.2, 0) is 0 Å². The van der Waals surface area contributed by atoms with Gasteiger partial charge in [-0.1, -0.05) is 19.1 Å². The smallest absolute Gasteiger partial charge is 0.164 e. The Balaban J connectivity index is 3.11. The number of rotatable bonds is 5. The molecule has 0 amide bonds. The highest BCUT2D eigenvalue weighted by Gasteiger charge is 2.17. The molecule has 0 aliphatic rings. The monoisotopic (exact) mass is 233 g/mol. The first-order valence-corrected chi connectivity index (χ1v) is 5.74. The summed E-state index contributed by atoms with van der Waals surface area (Å²) in [4.78, 5) is 0. The lowest BCUT2D eigenvalue weighted by Gasteiger charge is -2.18. The number of aryl methyl sites for hydroxylation is 1. The van der Waals surface area contributed by atoms with E-state index in [-0.39, 0.29) is 0 Å². The van der Waals surface area contributed by atoms with E-state index in [0.717, 1.165) is 29.0 Å². The summed E-state index contributed by atoms with van der Waals surface area (Å²) in [5, 5.41) is 8.63. The van der Waals surface area contributed by atoms with E-state index in [1.165, 1.54) is 0 Å². The van der Waals surface area contributed by atoms with Crippen LogP contribution in [-0.4, -0.2) is 14.2 Å². The van der Waals surface area contributed by atoms with E-state index in [4.69, 9.17) is 14.7 Å². The summed E-state index contributed by atoms with van der Waals surface area (Å²) >= 11 is 0. The normalized spacial score (nSPS) is 11.7. The van der Waals surface area contributed by atoms with Gasteiger partial charge in [0.25, 0.3) is 0 Å². The fourth-order valence-corrected chi connectivity index (χ4v) is 1.97. The summed E-state index contributed by atoms with van der Waals surface area (Å²) in [6.07, 6.45) is 1.39. The SMILES string of the molecule is COc1c(C)ccc([C@@H](C)CCC#N)c1OC. The number of nitriles is 1. The average molecular weight is 233 g/mol. The third-order valence-electron chi connectivity index (χ3n) is 2.97. The molecule has 0 aliphatic carbocycles. The number of benzene rings is 1. The van der Waals surface area contributed by atoms with Crippen LogP contribution in [0.1, 0.15) is 36.8 Å². The molecule has 1 atom stereocenters. The van der Waals surface area contributed by atoms with Gasteiger partial charge < -0.3 is 9.47 Å². The molecule has 0 unspecified atom stereocenters. The summed E-state index contributed by atoms with van der Waals surface area (Å²) in [7, 11) is 3.30. The molecule has 0 bridgehead atoms. The summed E-state index contributed by atoms with van der Waals surface area (Å²) in [5.74, 6) is 1.87. The van der Waals surface area contributed by atoms with Crippen molar-refractivity contribution in [1.29, 1.82) is 5.26 Å². The fourth-order valence-electron chi connectivity index (χ4n) is 1.97. The van der Waals surface area contributed by atoms with Crippen LogP contribution < -0.4 is 9.47 Å². The first-order valence-electron chi connectivity index (χ1n) is 5.74. The van der Waals surface area contributed by atoms with Crippen LogP contribution in [0.5, 0.6) is 11.5 Å². The molecule has 0 radical (unpaired) electrons. The van der Waals surface area contributed by atoms with Gasteiger partial charge in [0.1, 0.15) is 0 Å². The largest absolute Gasteiger partial charge is 0.493 e. The molecule has 0 fully saturated rings. The van der Waals surface area contributed by atoms with Gasteiger partial charge >= 0.3 is 0 Å². The number of hydrogen-bond acceptors (Lipinski definition) is 3. The molecule has 3 nitrogen and oxygen atoms in total. The van der Waals surface area contributed by atoms with Crippen LogP contribution in [0.15, 0.2) is 12.1 Å². The molecule has 1 aromatic rings. The molecule has 0 aromatic heterocycles. The highest BCUT2D eigenvalue weighted by atomic mass is 16.5. The van der Waals surface area contributed by atoms with Gasteiger partial charge in [-0.25, -0.2) is 0 Å². The number of ether oxygens (including phenoxy) is 2. The molecule has 0 spiro atoms. The van der Waals surface area contributed by atoms with Gasteiger partial charge in [-0.15, -0.1) is 0 Å². The lowest BCUT2D eigenvalue weighted by molar-refractivity contribution is 0.347. The summed E-state index contributed by atoms with van der Waals surface area (Å²) < 4.78 is 10.8. The summed E-state index contributed by atoms with van der Waals surface area (Å²) in [6, 6.07) is 6.26. The van der Waals surface area contributed by atoms with Crippen LogP contribution in [0.4, 0.5) is 0 Å². The predicted molar refractivity (Wildman–Crippen MR) is 67.5 cm³/mol. The molecular weight excluding hydrogens is 214 g/mol. The minimum Gasteiger partial charge on any atom is -0.493 e. The highest BCUT2D eigenvalue weighted by Crippen LogP contribution is 2.39. The Morgan fingerprint density at radius 1 is 1.24 bits per heavy atom. The fraction of sp³-hybridized carbons (Fsp3) is 0.500. The Bertz CT molecular complexity index is 421. The Hall–Kier alpha value is -1.69. The standard InChI is InChI=1S/C14H19NO2/c1-10(6-5-9-15)12-8-7-11(2)13(16-3)14(12)17-4/h7-8,10H,5-6H2,1-4H3/t10-/m0/s1. The first-order chi connectivity index (χ1) is 8.15. The zero-order chi connectivity index (χ0) is 12.8. The summed E-state index contributed by atoms with van der Waals surface area (Å²) in [5.41, 5.74) is 2.16. The predicted octanol–water partition coefficient (Wildman–Crippen LogP) is 3.42. The lowest BCUT2D eigenvalue weighted by Crippen LogP contribution is -2.01. The maximum absolute atomic E-state index is 8.63. The van der Waals surface area contributed by atoms with Crippen molar-refractivity contribution >= 4 is 0 Å². The second-order valence-corrected chi connectivity index (χ2v) is 4.14. The van der Waals surface area contributed by atoms with Crippen LogP contribution in [0.2, 0.25) is 0 Å².